The average molecular weight is 395 g/mol. The summed E-state index contributed by atoms with van der Waals surface area (Å²) in [5, 5.41) is 10.5. The SMILES string of the molecule is O=C(CCNS(=O)(=O)c1cccc2nonc12)NCc1ccccc1Cl. The first-order valence-corrected chi connectivity index (χ1v) is 9.54. The highest BCUT2D eigenvalue weighted by atomic mass is 35.5. The van der Waals surface area contributed by atoms with Crippen LogP contribution in [0.25, 0.3) is 11.0 Å². The van der Waals surface area contributed by atoms with Crippen molar-refractivity contribution in [3.63, 3.8) is 0 Å². The number of benzene rings is 2. The number of halogens is 1. The lowest BCUT2D eigenvalue weighted by Gasteiger charge is -2.08. The van der Waals surface area contributed by atoms with Gasteiger partial charge in [-0.2, -0.15) is 0 Å². The van der Waals surface area contributed by atoms with Gasteiger partial charge in [-0.1, -0.05) is 35.9 Å². The molecule has 0 saturated heterocycles. The van der Waals surface area contributed by atoms with Gasteiger partial charge in [-0.15, -0.1) is 0 Å². The molecule has 0 aliphatic rings. The second-order valence-corrected chi connectivity index (χ2v) is 7.55. The van der Waals surface area contributed by atoms with Crippen molar-refractivity contribution in [3.05, 3.63) is 53.1 Å². The van der Waals surface area contributed by atoms with Crippen molar-refractivity contribution in [1.29, 1.82) is 0 Å². The van der Waals surface area contributed by atoms with Gasteiger partial charge in [0.25, 0.3) is 0 Å². The summed E-state index contributed by atoms with van der Waals surface area (Å²) in [5.41, 5.74) is 1.27. The Hall–Kier alpha value is -2.49. The Kier molecular flexibility index (Phi) is 5.50. The Morgan fingerprint density at radius 1 is 1.12 bits per heavy atom. The summed E-state index contributed by atoms with van der Waals surface area (Å²) in [6, 6.07) is 11.7. The molecule has 2 N–H and O–H groups in total. The van der Waals surface area contributed by atoms with Crippen molar-refractivity contribution < 1.29 is 17.8 Å². The molecule has 0 atom stereocenters. The van der Waals surface area contributed by atoms with E-state index in [1.807, 2.05) is 6.07 Å². The van der Waals surface area contributed by atoms with Gasteiger partial charge in [0.2, 0.25) is 15.9 Å². The summed E-state index contributed by atoms with van der Waals surface area (Å²) in [5.74, 6) is -0.297. The fraction of sp³-hybridized carbons (Fsp3) is 0.188. The van der Waals surface area contributed by atoms with E-state index in [1.54, 1.807) is 24.3 Å². The number of aromatic nitrogens is 2. The zero-order valence-corrected chi connectivity index (χ0v) is 15.0. The second kappa shape index (κ2) is 7.81. The van der Waals surface area contributed by atoms with Crippen LogP contribution in [0.3, 0.4) is 0 Å². The van der Waals surface area contributed by atoms with E-state index in [4.69, 9.17) is 11.6 Å². The molecule has 0 unspecified atom stereocenters. The molecule has 0 aliphatic heterocycles. The summed E-state index contributed by atoms with van der Waals surface area (Å²) < 4.78 is 31.7. The summed E-state index contributed by atoms with van der Waals surface area (Å²) >= 11 is 6.02. The van der Waals surface area contributed by atoms with Crippen LogP contribution in [0.1, 0.15) is 12.0 Å². The van der Waals surface area contributed by atoms with Crippen LogP contribution in [0.5, 0.6) is 0 Å². The number of fused-ring (bicyclic) bond motifs is 1. The maximum atomic E-state index is 12.4. The highest BCUT2D eigenvalue weighted by Crippen LogP contribution is 2.19. The molecule has 0 bridgehead atoms. The van der Waals surface area contributed by atoms with E-state index in [9.17, 15) is 13.2 Å². The fourth-order valence-corrected chi connectivity index (χ4v) is 3.68. The van der Waals surface area contributed by atoms with Crippen molar-refractivity contribution in [2.75, 3.05) is 6.54 Å². The number of rotatable bonds is 7. The Morgan fingerprint density at radius 3 is 2.73 bits per heavy atom. The summed E-state index contributed by atoms with van der Waals surface area (Å²) in [7, 11) is -3.84. The number of carbonyl (C=O) groups excluding carboxylic acids is 1. The molecule has 1 heterocycles. The minimum absolute atomic E-state index is 0.0171. The molecule has 2 aromatic carbocycles. The minimum atomic E-state index is -3.84. The van der Waals surface area contributed by atoms with Gasteiger partial charge in [0.15, 0.2) is 5.52 Å². The third-order valence-corrected chi connectivity index (χ3v) is 5.48. The Bertz CT molecular complexity index is 1040. The number of amides is 1. The van der Waals surface area contributed by atoms with Gasteiger partial charge < -0.3 is 5.32 Å². The zero-order valence-electron chi connectivity index (χ0n) is 13.5. The van der Waals surface area contributed by atoms with Crippen molar-refractivity contribution in [2.24, 2.45) is 0 Å². The van der Waals surface area contributed by atoms with E-state index >= 15 is 0 Å². The van der Waals surface area contributed by atoms with Gasteiger partial charge in [0.1, 0.15) is 10.4 Å². The van der Waals surface area contributed by atoms with Gasteiger partial charge >= 0.3 is 0 Å². The molecule has 136 valence electrons. The number of hydrogen-bond donors (Lipinski definition) is 2. The molecule has 8 nitrogen and oxygen atoms in total. The zero-order chi connectivity index (χ0) is 18.6. The van der Waals surface area contributed by atoms with Gasteiger partial charge in [0, 0.05) is 24.5 Å². The summed E-state index contributed by atoms with van der Waals surface area (Å²) in [4.78, 5) is 11.8. The monoisotopic (exact) mass is 394 g/mol. The van der Waals surface area contributed by atoms with Crippen molar-refractivity contribution >= 4 is 38.6 Å². The minimum Gasteiger partial charge on any atom is -0.352 e. The first-order chi connectivity index (χ1) is 12.5. The van der Waals surface area contributed by atoms with Crippen LogP contribution in [-0.2, 0) is 21.4 Å². The molecule has 10 heteroatoms. The maximum absolute atomic E-state index is 12.4. The third-order valence-electron chi connectivity index (χ3n) is 3.62. The molecule has 0 radical (unpaired) electrons. The van der Waals surface area contributed by atoms with E-state index in [0.717, 1.165) is 5.56 Å². The van der Waals surface area contributed by atoms with Crippen LogP contribution in [0, 0.1) is 0 Å². The fourth-order valence-electron chi connectivity index (χ4n) is 2.30. The maximum Gasteiger partial charge on any atom is 0.242 e. The quantitative estimate of drug-likeness (QED) is 0.632. The molecule has 3 rings (SSSR count). The van der Waals surface area contributed by atoms with E-state index < -0.39 is 10.0 Å². The van der Waals surface area contributed by atoms with Crippen LogP contribution >= 0.6 is 11.6 Å². The highest BCUT2D eigenvalue weighted by molar-refractivity contribution is 7.89. The Balaban J connectivity index is 1.55. The van der Waals surface area contributed by atoms with Crippen molar-refractivity contribution in [2.45, 2.75) is 17.9 Å². The summed E-state index contributed by atoms with van der Waals surface area (Å²) in [6.07, 6.45) is -0.0171. The largest absolute Gasteiger partial charge is 0.352 e. The van der Waals surface area contributed by atoms with Crippen molar-refractivity contribution in [1.82, 2.24) is 20.4 Å². The third kappa shape index (κ3) is 4.18. The number of sulfonamides is 1. The number of nitrogens with zero attached hydrogens (tertiary/aromatic N) is 2. The van der Waals surface area contributed by atoms with Gasteiger partial charge in [-0.05, 0) is 34.1 Å². The standard InChI is InChI=1S/C16H15ClN4O4S/c17-12-5-2-1-4-11(12)10-18-15(22)8-9-19-26(23,24)14-7-3-6-13-16(14)21-25-20-13/h1-7,19H,8-10H2,(H,18,22). The predicted octanol–water partition coefficient (Wildman–Crippen LogP) is 1.86. The summed E-state index contributed by atoms with van der Waals surface area (Å²) in [6.45, 7) is 0.216. The highest BCUT2D eigenvalue weighted by Gasteiger charge is 2.20. The molecule has 26 heavy (non-hydrogen) atoms. The Labute approximate surface area is 154 Å². The van der Waals surface area contributed by atoms with E-state index in [1.165, 1.54) is 12.1 Å². The topological polar surface area (TPSA) is 114 Å². The average Bonchev–Trinajstić information content (AvgIpc) is 3.09. The molecule has 1 aromatic heterocycles. The van der Waals surface area contributed by atoms with Crippen LogP contribution in [-0.4, -0.2) is 31.2 Å². The number of hydrogen-bond acceptors (Lipinski definition) is 6. The molecule has 0 fully saturated rings. The van der Waals surface area contributed by atoms with Gasteiger partial charge in [-0.25, -0.2) is 17.8 Å². The van der Waals surface area contributed by atoms with Crippen LogP contribution < -0.4 is 10.0 Å². The lowest BCUT2D eigenvalue weighted by Crippen LogP contribution is -2.30. The van der Waals surface area contributed by atoms with Gasteiger partial charge in [-0.3, -0.25) is 4.79 Å². The predicted molar refractivity (Wildman–Crippen MR) is 94.9 cm³/mol. The van der Waals surface area contributed by atoms with Crippen LogP contribution in [0.4, 0.5) is 0 Å². The Morgan fingerprint density at radius 2 is 1.92 bits per heavy atom. The van der Waals surface area contributed by atoms with E-state index in [0.29, 0.717) is 10.5 Å². The molecular weight excluding hydrogens is 380 g/mol. The van der Waals surface area contributed by atoms with Gasteiger partial charge in [0.05, 0.1) is 0 Å². The van der Waals surface area contributed by atoms with Crippen molar-refractivity contribution in [3.8, 4) is 0 Å². The molecule has 0 spiro atoms. The molecule has 0 saturated carbocycles. The lowest BCUT2D eigenvalue weighted by molar-refractivity contribution is -0.121. The second-order valence-electron chi connectivity index (χ2n) is 5.40. The normalized spacial score (nSPS) is 11.6. The molecule has 3 aromatic rings. The first kappa shape index (κ1) is 18.3. The smallest absolute Gasteiger partial charge is 0.242 e. The van der Waals surface area contributed by atoms with E-state index in [-0.39, 0.29) is 35.8 Å². The lowest BCUT2D eigenvalue weighted by atomic mass is 10.2. The van der Waals surface area contributed by atoms with Crippen LogP contribution in [0.2, 0.25) is 5.02 Å². The van der Waals surface area contributed by atoms with E-state index in [2.05, 4.69) is 25.0 Å². The first-order valence-electron chi connectivity index (χ1n) is 7.68. The molecule has 0 aliphatic carbocycles. The van der Waals surface area contributed by atoms with Crippen LogP contribution in [0.15, 0.2) is 52.0 Å². The number of nitrogens with one attached hydrogen (secondary N) is 2. The molecular formula is C16H15ClN4O4S. The molecule has 1 amide bonds. The number of carbonyl (C=O) groups is 1.